The lowest BCUT2D eigenvalue weighted by atomic mass is 10.1. The summed E-state index contributed by atoms with van der Waals surface area (Å²) in [5.41, 5.74) is 3.98. The molecule has 5 heteroatoms. The topological polar surface area (TPSA) is 78.6 Å². The number of nitrogen functional groups attached to an aromatic ring is 1. The van der Waals surface area contributed by atoms with E-state index >= 15 is 0 Å². The van der Waals surface area contributed by atoms with E-state index in [0.29, 0.717) is 18.7 Å². The van der Waals surface area contributed by atoms with E-state index in [9.17, 15) is 9.90 Å². The highest BCUT2D eigenvalue weighted by Gasteiger charge is 2.22. The van der Waals surface area contributed by atoms with Crippen molar-refractivity contribution in [1.82, 2.24) is 4.90 Å². The van der Waals surface area contributed by atoms with Crippen molar-refractivity contribution in [2.24, 2.45) is 5.84 Å². The Hall–Kier alpha value is -1.59. The van der Waals surface area contributed by atoms with Crippen LogP contribution in [0.5, 0.6) is 0 Å². The van der Waals surface area contributed by atoms with E-state index in [1.807, 2.05) is 13.8 Å². The fourth-order valence-corrected chi connectivity index (χ4v) is 1.94. The number of carbonyl (C=O) groups excluding carboxylic acids is 1. The first-order valence-electron chi connectivity index (χ1n) is 6.37. The predicted octanol–water partition coefficient (Wildman–Crippen LogP) is 1.51. The van der Waals surface area contributed by atoms with Gasteiger partial charge in [-0.25, -0.2) is 0 Å². The molecule has 4 N–H and O–H groups in total. The van der Waals surface area contributed by atoms with Crippen molar-refractivity contribution in [3.63, 3.8) is 0 Å². The van der Waals surface area contributed by atoms with E-state index in [-0.39, 0.29) is 5.91 Å². The first-order valence-corrected chi connectivity index (χ1v) is 6.37. The van der Waals surface area contributed by atoms with Crippen LogP contribution in [0, 0.1) is 6.92 Å². The van der Waals surface area contributed by atoms with Gasteiger partial charge in [0.25, 0.3) is 5.91 Å². The summed E-state index contributed by atoms with van der Waals surface area (Å²) in [6, 6.07) is 5.31. The molecule has 0 radical (unpaired) electrons. The van der Waals surface area contributed by atoms with Crippen LogP contribution in [0.3, 0.4) is 0 Å². The average molecular weight is 265 g/mol. The molecule has 0 heterocycles. The number of benzene rings is 1. The maximum absolute atomic E-state index is 12.4. The molecule has 0 aliphatic heterocycles. The number of amides is 1. The Morgan fingerprint density at radius 2 is 2.11 bits per heavy atom. The molecule has 1 amide bonds. The number of nitrogens with one attached hydrogen (secondary N) is 1. The summed E-state index contributed by atoms with van der Waals surface area (Å²) in [4.78, 5) is 14.0. The number of carbonyl (C=O) groups is 1. The van der Waals surface area contributed by atoms with Gasteiger partial charge >= 0.3 is 0 Å². The molecule has 0 aromatic heterocycles. The molecular formula is C14H23N3O2. The van der Waals surface area contributed by atoms with E-state index in [0.717, 1.165) is 11.3 Å². The van der Waals surface area contributed by atoms with Gasteiger partial charge in [-0.2, -0.15) is 0 Å². The summed E-state index contributed by atoms with van der Waals surface area (Å²) in [7, 11) is 0. The number of aliphatic hydroxyl groups is 1. The van der Waals surface area contributed by atoms with E-state index in [2.05, 4.69) is 5.43 Å². The smallest absolute Gasteiger partial charge is 0.253 e. The molecule has 1 aromatic rings. The van der Waals surface area contributed by atoms with Crippen molar-refractivity contribution < 1.29 is 9.90 Å². The summed E-state index contributed by atoms with van der Waals surface area (Å²) in [5, 5.41) is 9.83. The van der Waals surface area contributed by atoms with Crippen molar-refractivity contribution in [3.05, 3.63) is 29.3 Å². The highest BCUT2D eigenvalue weighted by molar-refractivity contribution is 5.95. The van der Waals surface area contributed by atoms with Gasteiger partial charge in [-0.15, -0.1) is 0 Å². The molecule has 1 rings (SSSR count). The highest BCUT2D eigenvalue weighted by Crippen LogP contribution is 2.17. The first-order chi connectivity index (χ1) is 8.78. The Morgan fingerprint density at radius 1 is 1.47 bits per heavy atom. The monoisotopic (exact) mass is 265 g/mol. The third-order valence-corrected chi connectivity index (χ3v) is 2.88. The van der Waals surface area contributed by atoms with Crippen molar-refractivity contribution in [2.45, 2.75) is 33.3 Å². The molecule has 5 nitrogen and oxygen atoms in total. The zero-order valence-corrected chi connectivity index (χ0v) is 12.0. The summed E-state index contributed by atoms with van der Waals surface area (Å²) in [6.07, 6.45) is 0. The number of hydrogen-bond donors (Lipinski definition) is 3. The quantitative estimate of drug-likeness (QED) is 0.557. The summed E-state index contributed by atoms with van der Waals surface area (Å²) in [6.45, 7) is 8.02. The maximum atomic E-state index is 12.4. The number of aryl methyl sites for hydroxylation is 1. The van der Waals surface area contributed by atoms with Gasteiger partial charge in [0.05, 0.1) is 11.3 Å². The lowest BCUT2D eigenvalue weighted by molar-refractivity contribution is 0.0314. The minimum absolute atomic E-state index is 0.0868. The molecule has 0 spiro atoms. The molecule has 106 valence electrons. The fraction of sp³-hybridized carbons (Fsp3) is 0.500. The van der Waals surface area contributed by atoms with Gasteiger partial charge in [-0.05, 0) is 51.5 Å². The van der Waals surface area contributed by atoms with Crippen LogP contribution in [-0.2, 0) is 0 Å². The van der Waals surface area contributed by atoms with Crippen molar-refractivity contribution in [1.29, 1.82) is 0 Å². The first kappa shape index (κ1) is 15.5. The van der Waals surface area contributed by atoms with Crippen LogP contribution in [0.15, 0.2) is 18.2 Å². The van der Waals surface area contributed by atoms with Crippen LogP contribution in [0.25, 0.3) is 0 Å². The molecule has 0 saturated carbocycles. The molecular weight excluding hydrogens is 242 g/mol. The van der Waals surface area contributed by atoms with Crippen molar-refractivity contribution >= 4 is 11.6 Å². The molecule has 0 bridgehead atoms. The van der Waals surface area contributed by atoms with E-state index in [1.165, 1.54) is 0 Å². The van der Waals surface area contributed by atoms with Crippen LogP contribution in [0.1, 0.15) is 36.7 Å². The second-order valence-corrected chi connectivity index (χ2v) is 5.31. The Labute approximate surface area is 114 Å². The number of anilines is 1. The lowest BCUT2D eigenvalue weighted by Gasteiger charge is -2.28. The minimum Gasteiger partial charge on any atom is -0.389 e. The molecule has 1 aromatic carbocycles. The summed E-state index contributed by atoms with van der Waals surface area (Å²) in [5.74, 6) is 5.28. The normalized spacial score (nSPS) is 11.3. The second kappa shape index (κ2) is 6.04. The summed E-state index contributed by atoms with van der Waals surface area (Å²) >= 11 is 0. The zero-order chi connectivity index (χ0) is 14.6. The zero-order valence-electron chi connectivity index (χ0n) is 12.0. The third kappa shape index (κ3) is 4.22. The largest absolute Gasteiger partial charge is 0.389 e. The number of nitrogens with zero attached hydrogens (tertiary/aromatic N) is 1. The molecule has 0 saturated heterocycles. The Kier molecular flexibility index (Phi) is 4.91. The van der Waals surface area contributed by atoms with Gasteiger partial charge in [-0.1, -0.05) is 0 Å². The van der Waals surface area contributed by atoms with Crippen LogP contribution in [0.4, 0.5) is 5.69 Å². The fourth-order valence-electron chi connectivity index (χ4n) is 1.94. The van der Waals surface area contributed by atoms with Crippen LogP contribution in [-0.4, -0.2) is 34.6 Å². The Morgan fingerprint density at radius 3 is 2.53 bits per heavy atom. The van der Waals surface area contributed by atoms with Gasteiger partial charge in [0.1, 0.15) is 0 Å². The number of likely N-dealkylation sites (N-methyl/N-ethyl adjacent to an activating group) is 1. The van der Waals surface area contributed by atoms with Crippen molar-refractivity contribution in [3.8, 4) is 0 Å². The Balaban J connectivity index is 2.95. The van der Waals surface area contributed by atoms with E-state index < -0.39 is 5.60 Å². The average Bonchev–Trinajstić information content (AvgIpc) is 2.34. The molecule has 0 fully saturated rings. The van der Waals surface area contributed by atoms with Gasteiger partial charge in [0.15, 0.2) is 0 Å². The van der Waals surface area contributed by atoms with Crippen LogP contribution in [0.2, 0.25) is 0 Å². The SMILES string of the molecule is CCN(CC(C)(C)O)C(=O)c1ccc(NN)c(C)c1. The van der Waals surface area contributed by atoms with Gasteiger partial charge in [-0.3, -0.25) is 10.6 Å². The third-order valence-electron chi connectivity index (χ3n) is 2.88. The number of hydrazine groups is 1. The minimum atomic E-state index is -0.903. The summed E-state index contributed by atoms with van der Waals surface area (Å²) < 4.78 is 0. The molecule has 19 heavy (non-hydrogen) atoms. The lowest BCUT2D eigenvalue weighted by Crippen LogP contribution is -2.42. The highest BCUT2D eigenvalue weighted by atomic mass is 16.3. The van der Waals surface area contributed by atoms with E-state index in [1.54, 1.807) is 36.9 Å². The molecule has 0 atom stereocenters. The number of nitrogens with two attached hydrogens (primary N) is 1. The maximum Gasteiger partial charge on any atom is 0.253 e. The van der Waals surface area contributed by atoms with Crippen LogP contribution < -0.4 is 11.3 Å². The Bertz CT molecular complexity index is 452. The van der Waals surface area contributed by atoms with Crippen LogP contribution >= 0.6 is 0 Å². The standard InChI is InChI=1S/C14H23N3O2/c1-5-17(9-14(3,4)19)13(18)11-6-7-12(16-15)10(2)8-11/h6-8,16,19H,5,9,15H2,1-4H3. The molecule has 0 unspecified atom stereocenters. The predicted molar refractivity (Wildman–Crippen MR) is 76.9 cm³/mol. The van der Waals surface area contributed by atoms with Gasteiger partial charge < -0.3 is 15.4 Å². The van der Waals surface area contributed by atoms with E-state index in [4.69, 9.17) is 5.84 Å². The molecule has 0 aliphatic rings. The number of rotatable bonds is 5. The van der Waals surface area contributed by atoms with Gasteiger partial charge in [0, 0.05) is 18.7 Å². The van der Waals surface area contributed by atoms with Crippen molar-refractivity contribution in [2.75, 3.05) is 18.5 Å². The number of hydrogen-bond acceptors (Lipinski definition) is 4. The second-order valence-electron chi connectivity index (χ2n) is 5.31. The van der Waals surface area contributed by atoms with Gasteiger partial charge in [0.2, 0.25) is 0 Å². The molecule has 0 aliphatic carbocycles.